The number of nitrogens with one attached hydrogen (secondary N) is 2. The Bertz CT molecular complexity index is 1020. The van der Waals surface area contributed by atoms with Crippen LogP contribution in [0.15, 0.2) is 42.7 Å². The van der Waals surface area contributed by atoms with Crippen LogP contribution < -0.4 is 15.4 Å². The van der Waals surface area contributed by atoms with Gasteiger partial charge in [-0.3, -0.25) is 9.36 Å². The second kappa shape index (κ2) is 9.13. The summed E-state index contributed by atoms with van der Waals surface area (Å²) in [5.41, 5.74) is -1.02. The molecule has 3 rings (SSSR count). The molecule has 0 bridgehead atoms. The molecule has 0 aliphatic rings. The fraction of sp³-hybridized carbons (Fsp3) is 0.333. The van der Waals surface area contributed by atoms with Gasteiger partial charge in [-0.1, -0.05) is 11.6 Å². The van der Waals surface area contributed by atoms with Gasteiger partial charge in [0.1, 0.15) is 29.0 Å². The highest BCUT2D eigenvalue weighted by atomic mass is 35.5. The molecule has 1 aromatic carbocycles. The zero-order chi connectivity index (χ0) is 21.7. The maximum atomic E-state index is 12.5. The Morgan fingerprint density at radius 3 is 2.57 bits per heavy atom. The van der Waals surface area contributed by atoms with Crippen molar-refractivity contribution in [2.45, 2.75) is 33.3 Å². The Morgan fingerprint density at radius 1 is 1.17 bits per heavy atom. The molecular formula is C21H25ClN6O2. The molecule has 2 heterocycles. The number of ether oxygens (including phenoxy) is 1. The number of aromatic nitrogens is 4. The summed E-state index contributed by atoms with van der Waals surface area (Å²) < 4.78 is 7.68. The van der Waals surface area contributed by atoms with E-state index in [1.807, 2.05) is 30.7 Å². The number of carbonyl (C=O) groups excluding carboxylic acids is 1. The van der Waals surface area contributed by atoms with Crippen molar-refractivity contribution in [1.82, 2.24) is 24.8 Å². The zero-order valence-electron chi connectivity index (χ0n) is 17.4. The predicted octanol–water partition coefficient (Wildman–Crippen LogP) is 3.32. The van der Waals surface area contributed by atoms with Crippen molar-refractivity contribution in [3.63, 3.8) is 0 Å². The first kappa shape index (κ1) is 21.6. The summed E-state index contributed by atoms with van der Waals surface area (Å²) in [6.45, 7) is 8.10. The Labute approximate surface area is 180 Å². The third-order valence-corrected chi connectivity index (χ3v) is 4.60. The van der Waals surface area contributed by atoms with Gasteiger partial charge in [-0.15, -0.1) is 0 Å². The minimum Gasteiger partial charge on any atom is -0.478 e. The molecule has 0 aliphatic carbocycles. The molecule has 0 aliphatic heterocycles. The SMILES string of the molecule is Cc1nc(NCCNC(=O)C(C)(C)Oc2ccc(Cl)cc2)cc(-n2ccnc2C)n1. The molecule has 0 radical (unpaired) electrons. The minimum atomic E-state index is -1.02. The summed E-state index contributed by atoms with van der Waals surface area (Å²) in [7, 11) is 0. The Hall–Kier alpha value is -3.13. The van der Waals surface area contributed by atoms with Crippen LogP contribution in [0.5, 0.6) is 5.75 Å². The smallest absolute Gasteiger partial charge is 0.263 e. The first-order chi connectivity index (χ1) is 14.2. The first-order valence-corrected chi connectivity index (χ1v) is 9.95. The maximum absolute atomic E-state index is 12.5. The van der Waals surface area contributed by atoms with Crippen LogP contribution >= 0.6 is 11.6 Å². The van der Waals surface area contributed by atoms with E-state index in [1.54, 1.807) is 44.3 Å². The molecule has 0 saturated carbocycles. The van der Waals surface area contributed by atoms with E-state index in [9.17, 15) is 4.79 Å². The number of imidazole rings is 1. The molecule has 3 aromatic rings. The van der Waals surface area contributed by atoms with Gasteiger partial charge in [-0.25, -0.2) is 15.0 Å². The van der Waals surface area contributed by atoms with Gasteiger partial charge in [0.05, 0.1) is 0 Å². The summed E-state index contributed by atoms with van der Waals surface area (Å²) in [6.07, 6.45) is 3.58. The van der Waals surface area contributed by atoms with E-state index in [2.05, 4.69) is 25.6 Å². The van der Waals surface area contributed by atoms with Crippen LogP contribution in [0.1, 0.15) is 25.5 Å². The summed E-state index contributed by atoms with van der Waals surface area (Å²) >= 11 is 5.88. The van der Waals surface area contributed by atoms with Crippen LogP contribution in [0.25, 0.3) is 5.82 Å². The van der Waals surface area contributed by atoms with Crippen LogP contribution in [0, 0.1) is 13.8 Å². The van der Waals surface area contributed by atoms with Crippen LogP contribution in [0.4, 0.5) is 5.82 Å². The van der Waals surface area contributed by atoms with E-state index >= 15 is 0 Å². The van der Waals surface area contributed by atoms with Crippen molar-refractivity contribution in [2.24, 2.45) is 0 Å². The minimum absolute atomic E-state index is 0.215. The molecule has 158 valence electrons. The fourth-order valence-corrected chi connectivity index (χ4v) is 2.94. The average molecular weight is 429 g/mol. The normalized spacial score (nSPS) is 11.2. The summed E-state index contributed by atoms with van der Waals surface area (Å²) in [6, 6.07) is 8.75. The van der Waals surface area contributed by atoms with Gasteiger partial charge < -0.3 is 15.4 Å². The number of rotatable bonds is 8. The largest absolute Gasteiger partial charge is 0.478 e. The standard InChI is InChI=1S/C21H25ClN6O2/c1-14-26-18(13-19(27-14)28-12-11-23-15(28)2)24-9-10-25-20(29)21(3,4)30-17-7-5-16(22)6-8-17/h5-8,11-13H,9-10H2,1-4H3,(H,25,29)(H,24,26,27). The molecule has 9 heteroatoms. The summed E-state index contributed by atoms with van der Waals surface area (Å²) in [5.74, 6) is 3.27. The van der Waals surface area contributed by atoms with Crippen molar-refractivity contribution >= 4 is 23.3 Å². The quantitative estimate of drug-likeness (QED) is 0.534. The molecule has 0 spiro atoms. The molecule has 1 amide bonds. The topological polar surface area (TPSA) is 94.0 Å². The number of carbonyl (C=O) groups is 1. The monoisotopic (exact) mass is 428 g/mol. The van der Waals surface area contributed by atoms with Crippen molar-refractivity contribution in [2.75, 3.05) is 18.4 Å². The van der Waals surface area contributed by atoms with Gasteiger partial charge in [-0.2, -0.15) is 0 Å². The fourth-order valence-electron chi connectivity index (χ4n) is 2.81. The highest BCUT2D eigenvalue weighted by molar-refractivity contribution is 6.30. The van der Waals surface area contributed by atoms with E-state index in [-0.39, 0.29) is 5.91 Å². The summed E-state index contributed by atoms with van der Waals surface area (Å²) in [4.78, 5) is 25.6. The molecule has 0 fully saturated rings. The predicted molar refractivity (Wildman–Crippen MR) is 116 cm³/mol. The first-order valence-electron chi connectivity index (χ1n) is 9.57. The van der Waals surface area contributed by atoms with Crippen LogP contribution in [-0.4, -0.2) is 44.1 Å². The number of benzene rings is 1. The Morgan fingerprint density at radius 2 is 1.90 bits per heavy atom. The highest BCUT2D eigenvalue weighted by Crippen LogP contribution is 2.21. The lowest BCUT2D eigenvalue weighted by Gasteiger charge is -2.25. The average Bonchev–Trinajstić information content (AvgIpc) is 3.12. The number of nitrogens with zero attached hydrogens (tertiary/aromatic N) is 4. The number of halogens is 1. The van der Waals surface area contributed by atoms with E-state index in [1.165, 1.54) is 0 Å². The van der Waals surface area contributed by atoms with Gasteiger partial charge in [0, 0.05) is 36.6 Å². The van der Waals surface area contributed by atoms with Crippen LogP contribution in [-0.2, 0) is 4.79 Å². The number of hydrogen-bond acceptors (Lipinski definition) is 6. The molecule has 0 atom stereocenters. The van der Waals surface area contributed by atoms with E-state index in [4.69, 9.17) is 16.3 Å². The molecule has 2 aromatic heterocycles. The van der Waals surface area contributed by atoms with Gasteiger partial charge in [-0.05, 0) is 52.0 Å². The van der Waals surface area contributed by atoms with Crippen molar-refractivity contribution < 1.29 is 9.53 Å². The van der Waals surface area contributed by atoms with Gasteiger partial charge in [0.25, 0.3) is 5.91 Å². The second-order valence-corrected chi connectivity index (χ2v) is 7.69. The lowest BCUT2D eigenvalue weighted by Crippen LogP contribution is -2.47. The molecule has 8 nitrogen and oxygen atoms in total. The number of aryl methyl sites for hydroxylation is 2. The van der Waals surface area contributed by atoms with Crippen molar-refractivity contribution in [3.8, 4) is 11.6 Å². The summed E-state index contributed by atoms with van der Waals surface area (Å²) in [5, 5.41) is 6.71. The maximum Gasteiger partial charge on any atom is 0.263 e. The number of hydrogen-bond donors (Lipinski definition) is 2. The third kappa shape index (κ3) is 5.48. The van der Waals surface area contributed by atoms with E-state index in [0.29, 0.717) is 35.5 Å². The molecule has 30 heavy (non-hydrogen) atoms. The molecular weight excluding hydrogens is 404 g/mol. The van der Waals surface area contributed by atoms with Gasteiger partial charge in [0.15, 0.2) is 5.60 Å². The Kier molecular flexibility index (Phi) is 6.56. The van der Waals surface area contributed by atoms with E-state index < -0.39 is 5.60 Å². The van der Waals surface area contributed by atoms with Gasteiger partial charge >= 0.3 is 0 Å². The molecule has 0 unspecified atom stereocenters. The van der Waals surface area contributed by atoms with E-state index in [0.717, 1.165) is 11.6 Å². The van der Waals surface area contributed by atoms with Crippen molar-refractivity contribution in [3.05, 3.63) is 59.4 Å². The van der Waals surface area contributed by atoms with Crippen molar-refractivity contribution in [1.29, 1.82) is 0 Å². The lowest BCUT2D eigenvalue weighted by molar-refractivity contribution is -0.134. The number of anilines is 1. The highest BCUT2D eigenvalue weighted by Gasteiger charge is 2.29. The third-order valence-electron chi connectivity index (χ3n) is 4.35. The van der Waals surface area contributed by atoms with Crippen LogP contribution in [0.2, 0.25) is 5.02 Å². The molecule has 0 saturated heterocycles. The van der Waals surface area contributed by atoms with Crippen LogP contribution in [0.3, 0.4) is 0 Å². The zero-order valence-corrected chi connectivity index (χ0v) is 18.2. The van der Waals surface area contributed by atoms with Gasteiger partial charge in [0.2, 0.25) is 0 Å². The lowest BCUT2D eigenvalue weighted by atomic mass is 10.1. The second-order valence-electron chi connectivity index (χ2n) is 7.25. The molecule has 2 N–H and O–H groups in total. The number of amides is 1. The Balaban J connectivity index is 1.53.